The lowest BCUT2D eigenvalue weighted by Gasteiger charge is -2.38. The molecule has 0 spiro atoms. The predicted octanol–water partition coefficient (Wildman–Crippen LogP) is 4.93. The number of anilines is 1. The summed E-state index contributed by atoms with van der Waals surface area (Å²) in [5.74, 6) is 2.26. The Kier molecular flexibility index (Phi) is 6.33. The summed E-state index contributed by atoms with van der Waals surface area (Å²) in [6.07, 6.45) is 1.76. The Balaban J connectivity index is 1.33. The molecule has 2 unspecified atom stereocenters. The Bertz CT molecular complexity index is 1160. The summed E-state index contributed by atoms with van der Waals surface area (Å²) in [6.45, 7) is 3.07. The standard InChI is InChI=1S/C23H24ClF3N6O/c1-13-6-22(29-12-28-13)32-9-14-2-3-15(10-32)17(14)8-21-30-23(33(31-21)11-20(26)27)34-16-4-5-19(25)18(24)7-16/h4-7,12,14-15,17,20H,2-3,8-11H2,1H3. The normalized spacial score (nSPS) is 21.9. The molecule has 1 aromatic carbocycles. The third-order valence-electron chi connectivity index (χ3n) is 6.65. The summed E-state index contributed by atoms with van der Waals surface area (Å²) >= 11 is 5.81. The van der Waals surface area contributed by atoms with Crippen LogP contribution in [0.4, 0.5) is 19.0 Å². The van der Waals surface area contributed by atoms with Gasteiger partial charge in [0.2, 0.25) is 0 Å². The minimum atomic E-state index is -2.62. The minimum absolute atomic E-state index is 0.0563. The van der Waals surface area contributed by atoms with E-state index in [0.717, 1.165) is 48.2 Å². The van der Waals surface area contributed by atoms with E-state index in [4.69, 9.17) is 16.3 Å². The van der Waals surface area contributed by atoms with E-state index in [1.165, 1.54) is 12.1 Å². The van der Waals surface area contributed by atoms with E-state index in [2.05, 4.69) is 25.0 Å². The summed E-state index contributed by atoms with van der Waals surface area (Å²) in [7, 11) is 0. The molecule has 1 aliphatic carbocycles. The highest BCUT2D eigenvalue weighted by atomic mass is 35.5. The second kappa shape index (κ2) is 9.40. The van der Waals surface area contributed by atoms with Crippen molar-refractivity contribution in [1.29, 1.82) is 0 Å². The number of aromatic nitrogens is 5. The molecule has 180 valence electrons. The van der Waals surface area contributed by atoms with Crippen molar-refractivity contribution >= 4 is 17.4 Å². The number of nitrogens with zero attached hydrogens (tertiary/aromatic N) is 6. The number of halogens is 4. The molecule has 34 heavy (non-hydrogen) atoms. The maximum atomic E-state index is 13.5. The first-order valence-electron chi connectivity index (χ1n) is 11.2. The molecule has 2 fully saturated rings. The van der Waals surface area contributed by atoms with Crippen LogP contribution in [0.3, 0.4) is 0 Å². The first-order chi connectivity index (χ1) is 16.4. The molecule has 1 aliphatic heterocycles. The molecule has 2 bridgehead atoms. The molecule has 7 nitrogen and oxygen atoms in total. The number of hydrogen-bond acceptors (Lipinski definition) is 6. The van der Waals surface area contributed by atoms with Crippen LogP contribution in [0.15, 0.2) is 30.6 Å². The van der Waals surface area contributed by atoms with Crippen molar-refractivity contribution in [3.63, 3.8) is 0 Å². The van der Waals surface area contributed by atoms with Gasteiger partial charge < -0.3 is 9.64 Å². The lowest BCUT2D eigenvalue weighted by atomic mass is 9.82. The number of piperidine rings is 1. The highest BCUT2D eigenvalue weighted by Gasteiger charge is 2.43. The number of hydrogen-bond donors (Lipinski definition) is 0. The van der Waals surface area contributed by atoms with Crippen molar-refractivity contribution in [2.45, 2.75) is 39.2 Å². The maximum Gasteiger partial charge on any atom is 0.320 e. The second-order valence-corrected chi connectivity index (χ2v) is 9.36. The van der Waals surface area contributed by atoms with Gasteiger partial charge in [-0.05, 0) is 49.7 Å². The van der Waals surface area contributed by atoms with Crippen molar-refractivity contribution in [2.75, 3.05) is 18.0 Å². The van der Waals surface area contributed by atoms with Gasteiger partial charge in [0.15, 0.2) is 5.82 Å². The SMILES string of the molecule is Cc1cc(N2CC3CCC(C2)C3Cc2nc(Oc3ccc(F)c(Cl)c3)n(CC(F)F)n2)ncn1. The zero-order chi connectivity index (χ0) is 23.8. The lowest BCUT2D eigenvalue weighted by molar-refractivity contribution is 0.117. The van der Waals surface area contributed by atoms with Gasteiger partial charge in [0, 0.05) is 37.3 Å². The third kappa shape index (κ3) is 4.82. The van der Waals surface area contributed by atoms with Gasteiger partial charge in [-0.1, -0.05) is 11.6 Å². The Morgan fingerprint density at radius 2 is 1.91 bits per heavy atom. The number of benzene rings is 1. The molecule has 3 heterocycles. The van der Waals surface area contributed by atoms with E-state index in [9.17, 15) is 13.2 Å². The summed E-state index contributed by atoms with van der Waals surface area (Å²) in [4.78, 5) is 15.3. The third-order valence-corrected chi connectivity index (χ3v) is 6.94. The average Bonchev–Trinajstić information content (AvgIpc) is 3.24. The molecular weight excluding hydrogens is 469 g/mol. The van der Waals surface area contributed by atoms with Crippen LogP contribution in [0, 0.1) is 30.5 Å². The van der Waals surface area contributed by atoms with Gasteiger partial charge in [0.1, 0.15) is 30.3 Å². The summed E-state index contributed by atoms with van der Waals surface area (Å²) < 4.78 is 46.5. The fourth-order valence-electron chi connectivity index (χ4n) is 5.11. The van der Waals surface area contributed by atoms with Gasteiger partial charge in [0.05, 0.1) is 5.02 Å². The number of fused-ring (bicyclic) bond motifs is 2. The summed E-state index contributed by atoms with van der Waals surface area (Å²) in [5.41, 5.74) is 0.934. The van der Waals surface area contributed by atoms with Crippen molar-refractivity contribution in [3.8, 4) is 11.8 Å². The molecule has 0 radical (unpaired) electrons. The molecule has 2 atom stereocenters. The van der Waals surface area contributed by atoms with Crippen LogP contribution in [0.2, 0.25) is 5.02 Å². The monoisotopic (exact) mass is 492 g/mol. The van der Waals surface area contributed by atoms with Gasteiger partial charge in [-0.25, -0.2) is 27.8 Å². The van der Waals surface area contributed by atoms with E-state index >= 15 is 0 Å². The predicted molar refractivity (Wildman–Crippen MR) is 120 cm³/mol. The Morgan fingerprint density at radius 1 is 1.15 bits per heavy atom. The maximum absolute atomic E-state index is 13.5. The van der Waals surface area contributed by atoms with Crippen LogP contribution >= 0.6 is 11.6 Å². The number of rotatable bonds is 7. The fourth-order valence-corrected chi connectivity index (χ4v) is 5.28. The van der Waals surface area contributed by atoms with E-state index in [1.54, 1.807) is 6.33 Å². The van der Waals surface area contributed by atoms with Gasteiger partial charge >= 0.3 is 6.01 Å². The van der Waals surface area contributed by atoms with E-state index in [-0.39, 0.29) is 16.8 Å². The highest BCUT2D eigenvalue weighted by molar-refractivity contribution is 6.30. The Morgan fingerprint density at radius 3 is 2.59 bits per heavy atom. The molecule has 2 aliphatic rings. The van der Waals surface area contributed by atoms with Crippen molar-refractivity contribution in [3.05, 3.63) is 53.0 Å². The summed E-state index contributed by atoms with van der Waals surface area (Å²) in [5, 5.41) is 4.20. The highest BCUT2D eigenvalue weighted by Crippen LogP contribution is 2.44. The van der Waals surface area contributed by atoms with Crippen LogP contribution in [-0.2, 0) is 13.0 Å². The Hall–Kier alpha value is -2.88. The van der Waals surface area contributed by atoms with Crippen LogP contribution in [0.25, 0.3) is 0 Å². The average molecular weight is 493 g/mol. The number of alkyl halides is 2. The fraction of sp³-hybridized carbons (Fsp3) is 0.478. The minimum Gasteiger partial charge on any atom is -0.424 e. The lowest BCUT2D eigenvalue weighted by Crippen LogP contribution is -2.43. The molecule has 0 N–H and O–H groups in total. The zero-order valence-electron chi connectivity index (χ0n) is 18.5. The molecule has 3 aromatic rings. The molecule has 1 saturated heterocycles. The van der Waals surface area contributed by atoms with Gasteiger partial charge in [-0.2, -0.15) is 10.1 Å². The van der Waals surface area contributed by atoms with E-state index < -0.39 is 18.8 Å². The topological polar surface area (TPSA) is 69.0 Å². The van der Waals surface area contributed by atoms with Crippen LogP contribution in [0.1, 0.15) is 24.4 Å². The van der Waals surface area contributed by atoms with Crippen molar-refractivity contribution in [1.82, 2.24) is 24.7 Å². The first-order valence-corrected chi connectivity index (χ1v) is 11.6. The van der Waals surface area contributed by atoms with Crippen LogP contribution in [-0.4, -0.2) is 44.2 Å². The smallest absolute Gasteiger partial charge is 0.320 e. The molecular formula is C23H24ClF3N6O. The number of ether oxygens (including phenoxy) is 1. The second-order valence-electron chi connectivity index (χ2n) is 8.95. The largest absolute Gasteiger partial charge is 0.424 e. The quantitative estimate of drug-likeness (QED) is 0.466. The zero-order valence-corrected chi connectivity index (χ0v) is 19.3. The molecule has 11 heteroatoms. The van der Waals surface area contributed by atoms with Gasteiger partial charge in [0.25, 0.3) is 6.43 Å². The summed E-state index contributed by atoms with van der Waals surface area (Å²) in [6, 6.07) is 5.74. The first kappa shape index (κ1) is 22.9. The van der Waals surface area contributed by atoms with E-state index in [0.29, 0.717) is 30.0 Å². The van der Waals surface area contributed by atoms with Crippen LogP contribution < -0.4 is 9.64 Å². The van der Waals surface area contributed by atoms with E-state index in [1.807, 2.05) is 13.0 Å². The van der Waals surface area contributed by atoms with Crippen molar-refractivity contribution in [2.24, 2.45) is 17.8 Å². The Labute approximate surface area is 199 Å². The number of aryl methyl sites for hydroxylation is 1. The van der Waals surface area contributed by atoms with Crippen molar-refractivity contribution < 1.29 is 17.9 Å². The molecule has 0 amide bonds. The van der Waals surface area contributed by atoms with Gasteiger partial charge in [-0.15, -0.1) is 0 Å². The molecule has 1 saturated carbocycles. The molecule has 5 rings (SSSR count). The van der Waals surface area contributed by atoms with Gasteiger partial charge in [-0.3, -0.25) is 0 Å². The molecule has 2 aromatic heterocycles. The van der Waals surface area contributed by atoms with Crippen LogP contribution in [0.5, 0.6) is 11.8 Å².